The van der Waals surface area contributed by atoms with Gasteiger partial charge in [-0.1, -0.05) is 32.4 Å². The Morgan fingerprint density at radius 3 is 1.83 bits per heavy atom. The second-order valence-electron chi connectivity index (χ2n) is 20.4. The number of aliphatic hydroxyl groups is 5. The highest BCUT2D eigenvalue weighted by atomic mass is 16.8. The molecule has 17 atom stereocenters. The number of unbranched alkanes of at least 4 members (excludes halogenated alkanes) is 1. The molecule has 22 nitrogen and oxygen atoms in total. The first-order chi connectivity index (χ1) is 30.7. The van der Waals surface area contributed by atoms with E-state index in [0.29, 0.717) is 13.0 Å². The van der Waals surface area contributed by atoms with E-state index in [1.807, 2.05) is 13.0 Å². The zero-order chi connectivity index (χ0) is 49.3. The number of carbonyl (C=O) groups excluding carboxylic acids is 3. The summed E-state index contributed by atoms with van der Waals surface area (Å²) < 4.78 is 54.1. The molecule has 1 saturated carbocycles. The molecule has 22 heteroatoms. The summed E-state index contributed by atoms with van der Waals surface area (Å²) in [4.78, 5) is 38.5. The van der Waals surface area contributed by atoms with Crippen LogP contribution in [0.1, 0.15) is 95.4 Å². The summed E-state index contributed by atoms with van der Waals surface area (Å²) in [6.07, 6.45) is -13.9. The molecule has 0 aromatic heterocycles. The Morgan fingerprint density at radius 2 is 1.24 bits per heavy atom. The smallest absolute Gasteiger partial charge is 0.408 e. The average molecular weight is 950 g/mol. The van der Waals surface area contributed by atoms with E-state index in [-0.39, 0.29) is 12.5 Å². The van der Waals surface area contributed by atoms with E-state index in [9.17, 15) is 39.9 Å². The molecule has 0 spiro atoms. The molecule has 0 bridgehead atoms. The number of amides is 3. The molecule has 0 unspecified atom stereocenters. The molecule has 10 N–H and O–H groups in total. The molecule has 3 heterocycles. The Bertz CT molecular complexity index is 1570. The van der Waals surface area contributed by atoms with Crippen LogP contribution in [0.25, 0.3) is 0 Å². The lowest BCUT2D eigenvalue weighted by Crippen LogP contribution is -2.66. The summed E-state index contributed by atoms with van der Waals surface area (Å²) in [5.41, 5.74) is -2.59. The lowest BCUT2D eigenvalue weighted by molar-refractivity contribution is -0.290. The number of likely N-dealkylation sites (N-methyl/N-ethyl adjacent to an activating group) is 1. The fourth-order valence-electron chi connectivity index (χ4n) is 7.96. The highest BCUT2D eigenvalue weighted by molar-refractivity contribution is 5.69. The maximum atomic E-state index is 13.0. The number of nitrogens with one attached hydrogen (secondary N) is 5. The van der Waals surface area contributed by atoms with Gasteiger partial charge in [-0.05, 0) is 94.7 Å². The zero-order valence-corrected chi connectivity index (χ0v) is 40.6. The predicted octanol–water partition coefficient (Wildman–Crippen LogP) is 0.638. The highest BCUT2D eigenvalue weighted by Gasteiger charge is 2.55. The van der Waals surface area contributed by atoms with Crippen LogP contribution in [0.4, 0.5) is 14.4 Å². The van der Waals surface area contributed by atoms with Crippen molar-refractivity contribution in [2.45, 2.75) is 210 Å². The fourth-order valence-corrected chi connectivity index (χ4v) is 7.96. The summed E-state index contributed by atoms with van der Waals surface area (Å²) >= 11 is 0. The fraction of sp³-hybridized carbons (Fsp3) is 0.886. The summed E-state index contributed by atoms with van der Waals surface area (Å²) in [7, 11) is 1.69. The normalized spacial score (nSPS) is 36.3. The molecular formula is C44H79N5O17. The molecule has 0 aromatic rings. The molecule has 0 aromatic carbocycles. The van der Waals surface area contributed by atoms with Crippen molar-refractivity contribution in [1.82, 2.24) is 26.6 Å². The van der Waals surface area contributed by atoms with E-state index in [1.54, 1.807) is 75.4 Å². The molecule has 4 rings (SSSR count). The summed E-state index contributed by atoms with van der Waals surface area (Å²) in [5.74, 6) is -0.317. The van der Waals surface area contributed by atoms with Crippen molar-refractivity contribution in [3.05, 3.63) is 12.2 Å². The minimum Gasteiger partial charge on any atom is -0.444 e. The standard InChI is InChI=1S/C44H79N5O17/c1-13-14-17-46-19-23-15-16-24(48-40(56)65-43(6,7)8)36(58-23)61-33-22(2)18-25(45-12)29(51)35(33)63-38-32(54)34(27(21-50)60-38)62-37-28(49-41(57)66-44(9,10)11)31(53)30(52)26(59-37)20-47-39(55)64-42(3,4)5/h15-16,22-38,45-46,50-54H,13-14,17-21H2,1-12H3,(H,47,55)(H,48,56)(H,49,57)/t22-,23-,24+,25+,26-,27+,28+,29-,30+,31+,32+,33+,34+,35+,36+,37+,38-/m0/s1. The first kappa shape index (κ1) is 55.6. The van der Waals surface area contributed by atoms with Crippen LogP contribution in [-0.4, -0.2) is 192 Å². The largest absolute Gasteiger partial charge is 0.444 e. The number of carbonyl (C=O) groups is 3. The topological polar surface area (TPSA) is 296 Å². The van der Waals surface area contributed by atoms with Gasteiger partial charge in [0.05, 0.1) is 24.9 Å². The Morgan fingerprint density at radius 1 is 0.667 bits per heavy atom. The molecule has 3 aliphatic heterocycles. The average Bonchev–Trinajstić information content (AvgIpc) is 3.49. The van der Waals surface area contributed by atoms with Gasteiger partial charge in [0, 0.05) is 19.1 Å². The van der Waals surface area contributed by atoms with E-state index >= 15 is 0 Å². The van der Waals surface area contributed by atoms with Crippen LogP contribution in [0.5, 0.6) is 0 Å². The minimum absolute atomic E-state index is 0.317. The van der Waals surface area contributed by atoms with Crippen molar-refractivity contribution >= 4 is 18.3 Å². The molecule has 0 radical (unpaired) electrons. The highest BCUT2D eigenvalue weighted by Crippen LogP contribution is 2.37. The summed E-state index contributed by atoms with van der Waals surface area (Å²) in [6, 6.07) is -2.85. The van der Waals surface area contributed by atoms with E-state index < -0.39 is 140 Å². The van der Waals surface area contributed by atoms with Crippen LogP contribution in [0, 0.1) is 5.92 Å². The van der Waals surface area contributed by atoms with Gasteiger partial charge < -0.3 is 94.7 Å². The minimum atomic E-state index is -1.77. The third kappa shape index (κ3) is 16.3. The van der Waals surface area contributed by atoms with Crippen LogP contribution in [0.15, 0.2) is 12.2 Å². The monoisotopic (exact) mass is 950 g/mol. The maximum absolute atomic E-state index is 13.0. The summed E-state index contributed by atoms with van der Waals surface area (Å²) in [5, 5.41) is 71.0. The van der Waals surface area contributed by atoms with Crippen molar-refractivity contribution in [1.29, 1.82) is 0 Å². The Labute approximate surface area is 388 Å². The Hall–Kier alpha value is -2.97. The van der Waals surface area contributed by atoms with Crippen LogP contribution < -0.4 is 26.6 Å². The first-order valence-corrected chi connectivity index (χ1v) is 23.0. The molecule has 382 valence electrons. The van der Waals surface area contributed by atoms with Crippen molar-refractivity contribution in [3.63, 3.8) is 0 Å². The Kier molecular flexibility index (Phi) is 20.3. The van der Waals surface area contributed by atoms with Crippen molar-refractivity contribution < 1.29 is 82.5 Å². The maximum Gasteiger partial charge on any atom is 0.408 e. The van der Waals surface area contributed by atoms with Gasteiger partial charge >= 0.3 is 18.3 Å². The second-order valence-corrected chi connectivity index (χ2v) is 20.4. The van der Waals surface area contributed by atoms with Gasteiger partial charge in [-0.3, -0.25) is 0 Å². The molecule has 66 heavy (non-hydrogen) atoms. The Balaban J connectivity index is 1.60. The molecular weight excluding hydrogens is 871 g/mol. The van der Waals surface area contributed by atoms with Crippen LogP contribution in [-0.2, 0) is 42.6 Å². The van der Waals surface area contributed by atoms with Crippen molar-refractivity contribution in [3.8, 4) is 0 Å². The number of hydrogen-bond donors (Lipinski definition) is 10. The van der Waals surface area contributed by atoms with Crippen LogP contribution in [0.3, 0.4) is 0 Å². The van der Waals surface area contributed by atoms with Gasteiger partial charge in [-0.25, -0.2) is 14.4 Å². The van der Waals surface area contributed by atoms with Gasteiger partial charge in [0.15, 0.2) is 18.9 Å². The van der Waals surface area contributed by atoms with E-state index in [2.05, 4.69) is 33.5 Å². The third-order valence-corrected chi connectivity index (χ3v) is 11.1. The number of alkyl carbamates (subject to hydrolysis) is 3. The van der Waals surface area contributed by atoms with Crippen molar-refractivity contribution in [2.24, 2.45) is 5.92 Å². The SMILES string of the molecule is CCCCNC[C@@H]1C=C[C@@H](NC(=O)OC(C)(C)C)[C@@H](O[C@H]2[C@H](O[C@@H]3O[C@H](CO)[C@@H](O[C@H]4O[C@@H](CNC(=O)OC(C)(C)C)[C@@H](O)[C@H](O)[C@H]4NC(=O)OC(C)(C)C)[C@H]3O)[C@@H](O)[C@H](NC)C[C@@H]2C)O1. The number of hydrogen-bond acceptors (Lipinski definition) is 19. The van der Waals surface area contributed by atoms with E-state index in [1.165, 1.54) is 0 Å². The van der Waals surface area contributed by atoms with E-state index in [4.69, 9.17) is 42.6 Å². The lowest BCUT2D eigenvalue weighted by Gasteiger charge is -2.46. The number of aliphatic hydroxyl groups excluding tert-OH is 5. The van der Waals surface area contributed by atoms with Gasteiger partial charge in [0.25, 0.3) is 0 Å². The second kappa shape index (κ2) is 24.0. The van der Waals surface area contributed by atoms with Gasteiger partial charge in [0.1, 0.15) is 71.6 Å². The van der Waals surface area contributed by atoms with Gasteiger partial charge in [-0.2, -0.15) is 0 Å². The zero-order valence-electron chi connectivity index (χ0n) is 40.6. The summed E-state index contributed by atoms with van der Waals surface area (Å²) in [6.45, 7) is 19.2. The van der Waals surface area contributed by atoms with E-state index in [0.717, 1.165) is 19.4 Å². The third-order valence-electron chi connectivity index (χ3n) is 11.1. The molecule has 3 amide bonds. The van der Waals surface area contributed by atoms with Gasteiger partial charge in [-0.15, -0.1) is 0 Å². The predicted molar refractivity (Wildman–Crippen MR) is 236 cm³/mol. The number of rotatable bonds is 17. The van der Waals surface area contributed by atoms with Gasteiger partial charge in [0.2, 0.25) is 0 Å². The van der Waals surface area contributed by atoms with Crippen molar-refractivity contribution in [2.75, 3.05) is 33.3 Å². The molecule has 3 fully saturated rings. The molecule has 1 aliphatic carbocycles. The molecule has 2 saturated heterocycles. The van der Waals surface area contributed by atoms with Crippen LogP contribution in [0.2, 0.25) is 0 Å². The quantitative estimate of drug-likeness (QED) is 0.0544. The molecule has 4 aliphatic rings. The lowest BCUT2D eigenvalue weighted by atomic mass is 9.80. The van der Waals surface area contributed by atoms with Crippen LogP contribution >= 0.6 is 0 Å². The number of ether oxygens (including phenoxy) is 9. The first-order valence-electron chi connectivity index (χ1n) is 23.0.